The van der Waals surface area contributed by atoms with Gasteiger partial charge >= 0.3 is 0 Å². The van der Waals surface area contributed by atoms with E-state index >= 15 is 0 Å². The molecule has 0 atom stereocenters. The van der Waals surface area contributed by atoms with Crippen molar-refractivity contribution < 1.29 is 0 Å². The highest BCUT2D eigenvalue weighted by atomic mass is 15.1. The SMILES string of the molecule is CCCNC1CCN(CC2(C)CCCCC2)CC1. The molecule has 2 nitrogen and oxygen atoms in total. The third-order valence-corrected chi connectivity index (χ3v) is 4.94. The fourth-order valence-corrected chi connectivity index (χ4v) is 3.75. The van der Waals surface area contributed by atoms with Crippen LogP contribution in [0, 0.1) is 5.41 Å². The molecule has 2 aliphatic rings. The summed E-state index contributed by atoms with van der Waals surface area (Å²) in [7, 11) is 0. The molecule has 2 rings (SSSR count). The second-order valence-corrected chi connectivity index (χ2v) is 6.88. The number of likely N-dealkylation sites (tertiary alicyclic amines) is 1. The van der Waals surface area contributed by atoms with Crippen LogP contribution in [-0.4, -0.2) is 37.1 Å². The van der Waals surface area contributed by atoms with Crippen molar-refractivity contribution in [1.82, 2.24) is 10.2 Å². The Morgan fingerprint density at radius 2 is 1.78 bits per heavy atom. The maximum atomic E-state index is 3.68. The molecule has 0 aromatic rings. The van der Waals surface area contributed by atoms with Crippen molar-refractivity contribution in [3.63, 3.8) is 0 Å². The van der Waals surface area contributed by atoms with Gasteiger partial charge in [-0.05, 0) is 57.2 Å². The van der Waals surface area contributed by atoms with Crippen molar-refractivity contribution >= 4 is 0 Å². The zero-order valence-electron chi connectivity index (χ0n) is 12.5. The molecule has 1 saturated carbocycles. The second-order valence-electron chi connectivity index (χ2n) is 6.88. The van der Waals surface area contributed by atoms with Crippen LogP contribution in [0.2, 0.25) is 0 Å². The quantitative estimate of drug-likeness (QED) is 0.806. The summed E-state index contributed by atoms with van der Waals surface area (Å²) < 4.78 is 0. The fraction of sp³-hybridized carbons (Fsp3) is 1.00. The van der Waals surface area contributed by atoms with Crippen LogP contribution in [0.4, 0.5) is 0 Å². The lowest BCUT2D eigenvalue weighted by Gasteiger charge is -2.41. The molecule has 0 radical (unpaired) electrons. The molecule has 0 aromatic carbocycles. The Bertz CT molecular complexity index is 225. The van der Waals surface area contributed by atoms with E-state index in [1.54, 1.807) is 0 Å². The molecule has 1 N–H and O–H groups in total. The monoisotopic (exact) mass is 252 g/mol. The zero-order chi connectivity index (χ0) is 12.8. The van der Waals surface area contributed by atoms with Crippen LogP contribution in [0.1, 0.15) is 65.2 Å². The maximum Gasteiger partial charge on any atom is 0.00914 e. The summed E-state index contributed by atoms with van der Waals surface area (Å²) in [6, 6.07) is 0.792. The van der Waals surface area contributed by atoms with Gasteiger partial charge in [0.1, 0.15) is 0 Å². The Morgan fingerprint density at radius 1 is 1.11 bits per heavy atom. The Balaban J connectivity index is 1.69. The molecule has 1 aliphatic carbocycles. The van der Waals surface area contributed by atoms with Crippen molar-refractivity contribution in [2.45, 2.75) is 71.3 Å². The van der Waals surface area contributed by atoms with Gasteiger partial charge in [-0.2, -0.15) is 0 Å². The fourth-order valence-electron chi connectivity index (χ4n) is 3.75. The first kappa shape index (κ1) is 14.3. The minimum atomic E-state index is 0.627. The van der Waals surface area contributed by atoms with E-state index < -0.39 is 0 Å². The smallest absolute Gasteiger partial charge is 0.00914 e. The van der Waals surface area contributed by atoms with E-state index in [9.17, 15) is 0 Å². The van der Waals surface area contributed by atoms with E-state index in [2.05, 4.69) is 24.1 Å². The Morgan fingerprint density at radius 3 is 2.39 bits per heavy atom. The van der Waals surface area contributed by atoms with Gasteiger partial charge < -0.3 is 10.2 Å². The van der Waals surface area contributed by atoms with Gasteiger partial charge in [0.2, 0.25) is 0 Å². The summed E-state index contributed by atoms with van der Waals surface area (Å²) in [6.45, 7) is 9.96. The standard InChI is InChI=1S/C16H32N2/c1-3-11-17-15-7-12-18(13-8-15)14-16(2)9-5-4-6-10-16/h15,17H,3-14H2,1-2H3. The van der Waals surface area contributed by atoms with E-state index in [0.29, 0.717) is 5.41 Å². The Kier molecular flexibility index (Phi) is 5.50. The third-order valence-electron chi connectivity index (χ3n) is 4.94. The summed E-state index contributed by atoms with van der Waals surface area (Å²) in [5.74, 6) is 0. The molecule has 106 valence electrons. The third kappa shape index (κ3) is 4.24. The number of rotatable bonds is 5. The summed E-state index contributed by atoms with van der Waals surface area (Å²) in [6.07, 6.45) is 11.3. The predicted molar refractivity (Wildman–Crippen MR) is 78.9 cm³/mol. The van der Waals surface area contributed by atoms with Crippen LogP contribution in [0.15, 0.2) is 0 Å². The van der Waals surface area contributed by atoms with Crippen LogP contribution < -0.4 is 5.32 Å². The Labute approximate surface area is 114 Å². The minimum absolute atomic E-state index is 0.627. The van der Waals surface area contributed by atoms with E-state index in [1.807, 2.05) is 0 Å². The maximum absolute atomic E-state index is 3.68. The van der Waals surface area contributed by atoms with Crippen LogP contribution in [0.5, 0.6) is 0 Å². The molecule has 1 saturated heterocycles. The van der Waals surface area contributed by atoms with Crippen molar-refractivity contribution in [1.29, 1.82) is 0 Å². The van der Waals surface area contributed by atoms with Crippen molar-refractivity contribution in [2.75, 3.05) is 26.2 Å². The number of hydrogen-bond donors (Lipinski definition) is 1. The van der Waals surface area contributed by atoms with Gasteiger partial charge in [-0.25, -0.2) is 0 Å². The predicted octanol–water partition coefficient (Wildman–Crippen LogP) is 3.42. The Hall–Kier alpha value is -0.0800. The highest BCUT2D eigenvalue weighted by Crippen LogP contribution is 2.36. The first-order valence-corrected chi connectivity index (χ1v) is 8.18. The van der Waals surface area contributed by atoms with E-state index in [0.717, 1.165) is 6.04 Å². The average molecular weight is 252 g/mol. The van der Waals surface area contributed by atoms with Gasteiger partial charge in [-0.1, -0.05) is 33.1 Å². The summed E-state index contributed by atoms with van der Waals surface area (Å²) in [5, 5.41) is 3.68. The topological polar surface area (TPSA) is 15.3 Å². The number of nitrogens with zero attached hydrogens (tertiary/aromatic N) is 1. The van der Waals surface area contributed by atoms with Crippen LogP contribution in [0.3, 0.4) is 0 Å². The number of hydrogen-bond acceptors (Lipinski definition) is 2. The number of nitrogens with one attached hydrogen (secondary N) is 1. The van der Waals surface area contributed by atoms with E-state index in [-0.39, 0.29) is 0 Å². The molecule has 0 amide bonds. The van der Waals surface area contributed by atoms with Gasteiger partial charge in [0, 0.05) is 12.6 Å². The van der Waals surface area contributed by atoms with Gasteiger partial charge in [0.15, 0.2) is 0 Å². The van der Waals surface area contributed by atoms with Gasteiger partial charge in [0.05, 0.1) is 0 Å². The lowest BCUT2D eigenvalue weighted by molar-refractivity contribution is 0.0976. The molecular weight excluding hydrogens is 220 g/mol. The van der Waals surface area contributed by atoms with Gasteiger partial charge in [0.25, 0.3) is 0 Å². The molecule has 0 spiro atoms. The minimum Gasteiger partial charge on any atom is -0.314 e. The van der Waals surface area contributed by atoms with Crippen molar-refractivity contribution in [2.24, 2.45) is 5.41 Å². The second kappa shape index (κ2) is 6.91. The van der Waals surface area contributed by atoms with Gasteiger partial charge in [-0.3, -0.25) is 0 Å². The average Bonchev–Trinajstić information content (AvgIpc) is 2.38. The molecule has 1 heterocycles. The molecule has 0 bridgehead atoms. The van der Waals surface area contributed by atoms with Crippen LogP contribution in [0.25, 0.3) is 0 Å². The first-order valence-electron chi connectivity index (χ1n) is 8.18. The van der Waals surface area contributed by atoms with E-state index in [1.165, 1.54) is 77.5 Å². The molecule has 0 aromatic heterocycles. The van der Waals surface area contributed by atoms with Gasteiger partial charge in [-0.15, -0.1) is 0 Å². The van der Waals surface area contributed by atoms with E-state index in [4.69, 9.17) is 0 Å². The highest BCUT2D eigenvalue weighted by molar-refractivity contribution is 4.85. The molecule has 2 fully saturated rings. The summed E-state index contributed by atoms with van der Waals surface area (Å²) in [4.78, 5) is 2.73. The highest BCUT2D eigenvalue weighted by Gasteiger charge is 2.30. The molecular formula is C16H32N2. The molecule has 0 unspecified atom stereocenters. The molecule has 2 heteroatoms. The molecule has 1 aliphatic heterocycles. The van der Waals surface area contributed by atoms with Crippen molar-refractivity contribution in [3.8, 4) is 0 Å². The van der Waals surface area contributed by atoms with Crippen LogP contribution in [-0.2, 0) is 0 Å². The lowest BCUT2D eigenvalue weighted by atomic mass is 9.75. The summed E-state index contributed by atoms with van der Waals surface area (Å²) in [5.41, 5.74) is 0.627. The zero-order valence-corrected chi connectivity index (χ0v) is 12.5. The largest absolute Gasteiger partial charge is 0.314 e. The first-order chi connectivity index (χ1) is 8.72. The number of piperidine rings is 1. The molecule has 18 heavy (non-hydrogen) atoms. The normalized spacial score (nSPS) is 26.3. The summed E-state index contributed by atoms with van der Waals surface area (Å²) >= 11 is 0. The lowest BCUT2D eigenvalue weighted by Crippen LogP contribution is -2.46. The van der Waals surface area contributed by atoms with Crippen molar-refractivity contribution in [3.05, 3.63) is 0 Å². The van der Waals surface area contributed by atoms with Crippen LogP contribution >= 0.6 is 0 Å².